The van der Waals surface area contributed by atoms with Crippen LogP contribution in [0.1, 0.15) is 41.6 Å². The third-order valence-electron chi connectivity index (χ3n) is 5.20. The Balaban J connectivity index is 1.74. The van der Waals surface area contributed by atoms with Crippen molar-refractivity contribution in [1.29, 1.82) is 0 Å². The van der Waals surface area contributed by atoms with E-state index in [1.807, 2.05) is 23.1 Å². The summed E-state index contributed by atoms with van der Waals surface area (Å²) in [5.74, 6) is 0.435. The average molecular weight is 307 g/mol. The zero-order chi connectivity index (χ0) is 16.4. The van der Waals surface area contributed by atoms with Crippen LogP contribution < -0.4 is 0 Å². The van der Waals surface area contributed by atoms with Gasteiger partial charge in [0.2, 0.25) is 5.91 Å². The molecule has 2 atom stereocenters. The molecule has 0 aliphatic carbocycles. The number of carbonyl (C=O) groups excluding carboxylic acids is 1. The van der Waals surface area contributed by atoms with Gasteiger partial charge in [0.15, 0.2) is 0 Å². The molecule has 1 amide bonds. The maximum atomic E-state index is 12.9. The topological polar surface area (TPSA) is 20.3 Å². The van der Waals surface area contributed by atoms with Crippen LogP contribution in [0.4, 0.5) is 0 Å². The Morgan fingerprint density at radius 1 is 1.04 bits per heavy atom. The summed E-state index contributed by atoms with van der Waals surface area (Å²) in [5.41, 5.74) is 5.16. The maximum absolute atomic E-state index is 12.9. The number of likely N-dealkylation sites (tertiary alicyclic amines) is 1. The summed E-state index contributed by atoms with van der Waals surface area (Å²) in [6.45, 7) is 7.29. The van der Waals surface area contributed by atoms with Crippen molar-refractivity contribution in [2.75, 3.05) is 6.54 Å². The number of amides is 1. The van der Waals surface area contributed by atoms with Gasteiger partial charge in [-0.2, -0.15) is 0 Å². The third kappa shape index (κ3) is 3.17. The van der Waals surface area contributed by atoms with Crippen molar-refractivity contribution in [2.45, 2.75) is 39.7 Å². The smallest absolute Gasteiger partial charge is 0.226 e. The van der Waals surface area contributed by atoms with E-state index in [0.29, 0.717) is 5.91 Å². The molecule has 3 rings (SSSR count). The van der Waals surface area contributed by atoms with Gasteiger partial charge >= 0.3 is 0 Å². The number of hydrogen-bond acceptors (Lipinski definition) is 1. The highest BCUT2D eigenvalue weighted by Crippen LogP contribution is 2.31. The van der Waals surface area contributed by atoms with Crippen LogP contribution in [0.5, 0.6) is 0 Å². The van der Waals surface area contributed by atoms with E-state index in [4.69, 9.17) is 0 Å². The summed E-state index contributed by atoms with van der Waals surface area (Å²) >= 11 is 0. The number of nitrogens with zero attached hydrogens (tertiary/aromatic N) is 1. The molecule has 0 unspecified atom stereocenters. The number of rotatable bonds is 4. The summed E-state index contributed by atoms with van der Waals surface area (Å²) in [6.07, 6.45) is 1.83. The molecular formula is C21H25NO. The number of carbonyl (C=O) groups is 1. The van der Waals surface area contributed by atoms with Gasteiger partial charge in [0.05, 0.1) is 6.04 Å². The molecule has 1 aliphatic rings. The zero-order valence-electron chi connectivity index (χ0n) is 14.3. The van der Waals surface area contributed by atoms with E-state index in [0.717, 1.165) is 19.4 Å². The molecule has 23 heavy (non-hydrogen) atoms. The second-order valence-corrected chi connectivity index (χ2v) is 6.68. The second-order valence-electron chi connectivity index (χ2n) is 6.68. The van der Waals surface area contributed by atoms with Crippen molar-refractivity contribution in [3.05, 3.63) is 70.8 Å². The minimum atomic E-state index is 0.126. The number of benzene rings is 2. The van der Waals surface area contributed by atoms with Crippen LogP contribution in [0.15, 0.2) is 48.5 Å². The van der Waals surface area contributed by atoms with Gasteiger partial charge < -0.3 is 4.90 Å². The minimum Gasteiger partial charge on any atom is -0.336 e. The predicted octanol–water partition coefficient (Wildman–Crippen LogP) is 4.46. The summed E-state index contributed by atoms with van der Waals surface area (Å²) < 4.78 is 0. The van der Waals surface area contributed by atoms with Gasteiger partial charge in [-0.25, -0.2) is 0 Å². The SMILES string of the molecule is Cc1cccc(C)c1C[C@@H]1CCN([C@@H](C)c2ccccc2)C1=O. The summed E-state index contributed by atoms with van der Waals surface area (Å²) in [4.78, 5) is 14.9. The van der Waals surface area contributed by atoms with Crippen molar-refractivity contribution in [2.24, 2.45) is 5.92 Å². The fraction of sp³-hybridized carbons (Fsp3) is 0.381. The van der Waals surface area contributed by atoms with Crippen molar-refractivity contribution in [1.82, 2.24) is 4.90 Å². The highest BCUT2D eigenvalue weighted by atomic mass is 16.2. The molecule has 0 spiro atoms. The first-order chi connectivity index (χ1) is 11.1. The molecular weight excluding hydrogens is 282 g/mol. The lowest BCUT2D eigenvalue weighted by Gasteiger charge is -2.25. The van der Waals surface area contributed by atoms with Crippen molar-refractivity contribution < 1.29 is 4.79 Å². The van der Waals surface area contributed by atoms with Crippen LogP contribution in [-0.2, 0) is 11.2 Å². The first-order valence-electron chi connectivity index (χ1n) is 8.48. The summed E-state index contributed by atoms with van der Waals surface area (Å²) in [5, 5.41) is 0. The van der Waals surface area contributed by atoms with Crippen molar-refractivity contribution in [3.63, 3.8) is 0 Å². The maximum Gasteiger partial charge on any atom is 0.226 e. The molecule has 120 valence electrons. The highest BCUT2D eigenvalue weighted by Gasteiger charge is 2.35. The fourth-order valence-electron chi connectivity index (χ4n) is 3.67. The van der Waals surface area contributed by atoms with E-state index in [-0.39, 0.29) is 12.0 Å². The molecule has 1 saturated heterocycles. The molecule has 2 heteroatoms. The summed E-state index contributed by atoms with van der Waals surface area (Å²) in [6, 6.07) is 16.9. The van der Waals surface area contributed by atoms with Crippen LogP contribution in [0.2, 0.25) is 0 Å². The van der Waals surface area contributed by atoms with Crippen LogP contribution >= 0.6 is 0 Å². The minimum absolute atomic E-state index is 0.126. The standard InChI is InChI=1S/C21H25NO/c1-15-8-7-9-16(2)20(15)14-19-12-13-22(21(19)23)17(3)18-10-5-4-6-11-18/h4-11,17,19H,12-14H2,1-3H3/t17-,19-/m0/s1. The lowest BCUT2D eigenvalue weighted by Crippen LogP contribution is -2.30. The first-order valence-corrected chi connectivity index (χ1v) is 8.48. The number of hydrogen-bond donors (Lipinski definition) is 0. The van der Waals surface area contributed by atoms with Gasteiger partial charge in [-0.3, -0.25) is 4.79 Å². The molecule has 2 nitrogen and oxygen atoms in total. The molecule has 1 aliphatic heterocycles. The number of aryl methyl sites for hydroxylation is 2. The lowest BCUT2D eigenvalue weighted by atomic mass is 9.92. The third-order valence-corrected chi connectivity index (χ3v) is 5.20. The van der Waals surface area contributed by atoms with Crippen molar-refractivity contribution in [3.8, 4) is 0 Å². The Labute approximate surface area is 139 Å². The van der Waals surface area contributed by atoms with Crippen molar-refractivity contribution >= 4 is 5.91 Å². The Bertz CT molecular complexity index is 672. The Morgan fingerprint density at radius 3 is 2.35 bits per heavy atom. The van der Waals surface area contributed by atoms with Crippen LogP contribution in [0, 0.1) is 19.8 Å². The van der Waals surface area contributed by atoms with Gasteiger partial charge in [0, 0.05) is 12.5 Å². The zero-order valence-corrected chi connectivity index (χ0v) is 14.3. The molecule has 2 aromatic rings. The van der Waals surface area contributed by atoms with Gasteiger partial charge in [0.1, 0.15) is 0 Å². The largest absolute Gasteiger partial charge is 0.336 e. The highest BCUT2D eigenvalue weighted by molar-refractivity contribution is 5.81. The monoisotopic (exact) mass is 307 g/mol. The Kier molecular flexibility index (Phi) is 4.51. The van der Waals surface area contributed by atoms with E-state index in [1.54, 1.807) is 0 Å². The molecule has 1 heterocycles. The van der Waals surface area contributed by atoms with Gasteiger partial charge in [0.25, 0.3) is 0 Å². The fourth-order valence-corrected chi connectivity index (χ4v) is 3.67. The molecule has 0 radical (unpaired) electrons. The molecule has 0 bridgehead atoms. The Hall–Kier alpha value is -2.09. The van der Waals surface area contributed by atoms with E-state index >= 15 is 0 Å². The predicted molar refractivity (Wildman–Crippen MR) is 94.3 cm³/mol. The van der Waals surface area contributed by atoms with Gasteiger partial charge in [-0.05, 0) is 55.9 Å². The van der Waals surface area contributed by atoms with Crippen LogP contribution in [-0.4, -0.2) is 17.4 Å². The second kappa shape index (κ2) is 6.57. The van der Waals surface area contributed by atoms with Crippen LogP contribution in [0.25, 0.3) is 0 Å². The van der Waals surface area contributed by atoms with E-state index < -0.39 is 0 Å². The van der Waals surface area contributed by atoms with E-state index in [2.05, 4.69) is 51.1 Å². The molecule has 1 fully saturated rings. The average Bonchev–Trinajstić information content (AvgIpc) is 2.92. The molecule has 0 aromatic heterocycles. The lowest BCUT2D eigenvalue weighted by molar-refractivity contribution is -0.132. The first kappa shape index (κ1) is 15.8. The Morgan fingerprint density at radius 2 is 1.70 bits per heavy atom. The molecule has 2 aromatic carbocycles. The summed E-state index contributed by atoms with van der Waals surface area (Å²) in [7, 11) is 0. The van der Waals surface area contributed by atoms with Gasteiger partial charge in [-0.1, -0.05) is 48.5 Å². The van der Waals surface area contributed by atoms with E-state index in [1.165, 1.54) is 22.3 Å². The van der Waals surface area contributed by atoms with Gasteiger partial charge in [-0.15, -0.1) is 0 Å². The normalized spacial score (nSPS) is 19.2. The molecule has 0 saturated carbocycles. The quantitative estimate of drug-likeness (QED) is 0.817. The molecule has 0 N–H and O–H groups in total. The van der Waals surface area contributed by atoms with Crippen LogP contribution in [0.3, 0.4) is 0 Å². The van der Waals surface area contributed by atoms with E-state index in [9.17, 15) is 4.79 Å².